The predicted molar refractivity (Wildman–Crippen MR) is 93.5 cm³/mol. The van der Waals surface area contributed by atoms with Crippen LogP contribution in [0.15, 0.2) is 53.0 Å². The number of rotatable bonds is 6. The number of nitrogens with one attached hydrogen (secondary N) is 2. The van der Waals surface area contributed by atoms with Gasteiger partial charge in [-0.05, 0) is 62.4 Å². The van der Waals surface area contributed by atoms with Crippen LogP contribution in [0.2, 0.25) is 0 Å². The quantitative estimate of drug-likeness (QED) is 0.805. The molecule has 0 atom stereocenters. The summed E-state index contributed by atoms with van der Waals surface area (Å²) in [5.74, 6) is 0.727. The lowest BCUT2D eigenvalue weighted by Crippen LogP contribution is -2.21. The Morgan fingerprint density at radius 3 is 2.23 bits per heavy atom. The van der Waals surface area contributed by atoms with Gasteiger partial charge >= 0.3 is 0 Å². The number of carbonyl (C=O) groups is 1. The molecule has 0 bridgehead atoms. The summed E-state index contributed by atoms with van der Waals surface area (Å²) in [5, 5.41) is 5.91. The highest BCUT2D eigenvalue weighted by Crippen LogP contribution is 2.17. The molecular weight excluding hydrogens is 344 g/mol. The Morgan fingerprint density at radius 1 is 1.05 bits per heavy atom. The van der Waals surface area contributed by atoms with Crippen LogP contribution in [0.1, 0.15) is 13.8 Å². The number of halogens is 1. The highest BCUT2D eigenvalue weighted by atomic mass is 79.9. The van der Waals surface area contributed by atoms with E-state index in [4.69, 9.17) is 4.74 Å². The minimum absolute atomic E-state index is 0.0928. The third kappa shape index (κ3) is 5.41. The van der Waals surface area contributed by atoms with Crippen molar-refractivity contribution in [3.05, 3.63) is 53.0 Å². The molecule has 0 aliphatic heterocycles. The minimum Gasteiger partial charge on any atom is -0.491 e. The van der Waals surface area contributed by atoms with E-state index in [1.54, 1.807) is 0 Å². The summed E-state index contributed by atoms with van der Waals surface area (Å²) in [6.07, 6.45) is 0.149. The van der Waals surface area contributed by atoms with Crippen LogP contribution in [0.4, 0.5) is 11.4 Å². The van der Waals surface area contributed by atoms with Crippen LogP contribution in [0.25, 0.3) is 0 Å². The second kappa shape index (κ2) is 7.84. The highest BCUT2D eigenvalue weighted by Gasteiger charge is 2.03. The van der Waals surface area contributed by atoms with E-state index >= 15 is 0 Å². The second-order valence-electron chi connectivity index (χ2n) is 5.10. The first-order chi connectivity index (χ1) is 10.5. The molecule has 2 rings (SSSR count). The number of hydrogen-bond donors (Lipinski definition) is 2. The summed E-state index contributed by atoms with van der Waals surface area (Å²) >= 11 is 3.36. The van der Waals surface area contributed by atoms with E-state index in [1.807, 2.05) is 62.4 Å². The van der Waals surface area contributed by atoms with E-state index < -0.39 is 0 Å². The fraction of sp³-hybridized carbons (Fsp3) is 0.235. The van der Waals surface area contributed by atoms with Gasteiger partial charge in [0.25, 0.3) is 0 Å². The van der Waals surface area contributed by atoms with Gasteiger partial charge in [0.1, 0.15) is 5.75 Å². The number of ether oxygens (including phenoxy) is 1. The van der Waals surface area contributed by atoms with Gasteiger partial charge in [0.2, 0.25) is 5.91 Å². The molecule has 0 heterocycles. The van der Waals surface area contributed by atoms with Crippen molar-refractivity contribution in [1.29, 1.82) is 0 Å². The molecule has 22 heavy (non-hydrogen) atoms. The maximum atomic E-state index is 11.9. The van der Waals surface area contributed by atoms with Crippen LogP contribution in [0, 0.1) is 0 Å². The lowest BCUT2D eigenvalue weighted by molar-refractivity contribution is -0.114. The number of benzene rings is 2. The second-order valence-corrected chi connectivity index (χ2v) is 6.02. The van der Waals surface area contributed by atoms with Crippen molar-refractivity contribution >= 4 is 33.2 Å². The molecule has 5 heteroatoms. The summed E-state index contributed by atoms with van der Waals surface area (Å²) in [4.78, 5) is 11.9. The molecule has 0 radical (unpaired) electrons. The van der Waals surface area contributed by atoms with Crippen molar-refractivity contribution in [2.24, 2.45) is 0 Å². The minimum atomic E-state index is -0.0928. The molecule has 0 aromatic heterocycles. The van der Waals surface area contributed by atoms with E-state index in [-0.39, 0.29) is 18.6 Å². The van der Waals surface area contributed by atoms with E-state index in [2.05, 4.69) is 26.6 Å². The summed E-state index contributed by atoms with van der Waals surface area (Å²) in [6, 6.07) is 15.0. The lowest BCUT2D eigenvalue weighted by atomic mass is 10.3. The standard InChI is InChI=1S/C17H19BrN2O2/c1-12(2)22-16-9-7-14(8-10-16)19-11-17(21)20-15-5-3-13(18)4-6-15/h3-10,12,19H,11H2,1-2H3,(H,20,21). The van der Waals surface area contributed by atoms with Gasteiger partial charge in [-0.3, -0.25) is 4.79 Å². The van der Waals surface area contributed by atoms with E-state index in [0.29, 0.717) is 0 Å². The topological polar surface area (TPSA) is 50.4 Å². The van der Waals surface area contributed by atoms with Crippen molar-refractivity contribution < 1.29 is 9.53 Å². The van der Waals surface area contributed by atoms with Crippen LogP contribution in [-0.4, -0.2) is 18.6 Å². The summed E-state index contributed by atoms with van der Waals surface area (Å²) < 4.78 is 6.55. The lowest BCUT2D eigenvalue weighted by Gasteiger charge is -2.11. The Bertz CT molecular complexity index is 610. The summed E-state index contributed by atoms with van der Waals surface area (Å²) in [7, 11) is 0. The van der Waals surface area contributed by atoms with Crippen LogP contribution in [0.5, 0.6) is 5.75 Å². The van der Waals surface area contributed by atoms with Crippen molar-refractivity contribution in [1.82, 2.24) is 0 Å². The molecule has 2 aromatic rings. The Hall–Kier alpha value is -2.01. The largest absolute Gasteiger partial charge is 0.491 e. The van der Waals surface area contributed by atoms with Gasteiger partial charge in [-0.2, -0.15) is 0 Å². The molecule has 2 aromatic carbocycles. The molecule has 4 nitrogen and oxygen atoms in total. The summed E-state index contributed by atoms with van der Waals surface area (Å²) in [5.41, 5.74) is 1.65. The van der Waals surface area contributed by atoms with Gasteiger partial charge in [0.15, 0.2) is 0 Å². The average molecular weight is 363 g/mol. The molecule has 0 unspecified atom stereocenters. The molecule has 0 saturated heterocycles. The zero-order valence-electron chi connectivity index (χ0n) is 12.6. The van der Waals surface area contributed by atoms with Gasteiger partial charge in [0, 0.05) is 15.8 Å². The van der Waals surface area contributed by atoms with Gasteiger partial charge in [-0.15, -0.1) is 0 Å². The highest BCUT2D eigenvalue weighted by molar-refractivity contribution is 9.10. The maximum Gasteiger partial charge on any atom is 0.243 e. The number of hydrogen-bond acceptors (Lipinski definition) is 3. The fourth-order valence-electron chi connectivity index (χ4n) is 1.84. The third-order valence-electron chi connectivity index (χ3n) is 2.81. The molecule has 0 fully saturated rings. The first-order valence-corrected chi connectivity index (χ1v) is 7.88. The van der Waals surface area contributed by atoms with Crippen molar-refractivity contribution in [2.45, 2.75) is 20.0 Å². The predicted octanol–water partition coefficient (Wildman–Crippen LogP) is 4.29. The molecule has 0 saturated carbocycles. The van der Waals surface area contributed by atoms with Gasteiger partial charge in [-0.25, -0.2) is 0 Å². The normalized spacial score (nSPS) is 10.4. The first kappa shape index (κ1) is 16.4. The Kier molecular flexibility index (Phi) is 5.83. The Labute approximate surface area is 139 Å². The molecular formula is C17H19BrN2O2. The smallest absolute Gasteiger partial charge is 0.243 e. The van der Waals surface area contributed by atoms with Crippen molar-refractivity contribution in [3.63, 3.8) is 0 Å². The fourth-order valence-corrected chi connectivity index (χ4v) is 2.11. The van der Waals surface area contributed by atoms with Gasteiger partial charge in [-0.1, -0.05) is 15.9 Å². The average Bonchev–Trinajstić information content (AvgIpc) is 2.48. The zero-order valence-corrected chi connectivity index (χ0v) is 14.2. The monoisotopic (exact) mass is 362 g/mol. The molecule has 0 spiro atoms. The van der Waals surface area contributed by atoms with Gasteiger partial charge < -0.3 is 15.4 Å². The molecule has 0 aliphatic rings. The van der Waals surface area contributed by atoms with E-state index in [0.717, 1.165) is 21.6 Å². The number of anilines is 2. The molecule has 1 amide bonds. The number of carbonyl (C=O) groups excluding carboxylic acids is 1. The molecule has 116 valence electrons. The molecule has 0 aliphatic carbocycles. The number of amides is 1. The van der Waals surface area contributed by atoms with Crippen LogP contribution < -0.4 is 15.4 Å². The van der Waals surface area contributed by atoms with E-state index in [1.165, 1.54) is 0 Å². The first-order valence-electron chi connectivity index (χ1n) is 7.09. The van der Waals surface area contributed by atoms with E-state index in [9.17, 15) is 4.79 Å². The Morgan fingerprint density at radius 2 is 1.64 bits per heavy atom. The van der Waals surface area contributed by atoms with Gasteiger partial charge in [0.05, 0.1) is 12.6 Å². The summed E-state index contributed by atoms with van der Waals surface area (Å²) in [6.45, 7) is 4.18. The third-order valence-corrected chi connectivity index (χ3v) is 3.34. The maximum absolute atomic E-state index is 11.9. The van der Waals surface area contributed by atoms with Crippen LogP contribution >= 0.6 is 15.9 Å². The van der Waals surface area contributed by atoms with Crippen LogP contribution in [0.3, 0.4) is 0 Å². The van der Waals surface area contributed by atoms with Crippen molar-refractivity contribution in [2.75, 3.05) is 17.2 Å². The molecule has 2 N–H and O–H groups in total. The SMILES string of the molecule is CC(C)Oc1ccc(NCC(=O)Nc2ccc(Br)cc2)cc1. The zero-order chi connectivity index (χ0) is 15.9. The Balaban J connectivity index is 1.81. The van der Waals surface area contributed by atoms with Crippen molar-refractivity contribution in [3.8, 4) is 5.75 Å². The van der Waals surface area contributed by atoms with Crippen LogP contribution in [-0.2, 0) is 4.79 Å².